The zero-order valence-electron chi connectivity index (χ0n) is 25.5. The number of carbonyl (C=O) groups is 2. The molecule has 5 rings (SSSR count). The third-order valence-corrected chi connectivity index (χ3v) is 7.71. The van der Waals surface area contributed by atoms with Crippen molar-refractivity contribution in [1.82, 2.24) is 20.6 Å². The number of alkyl carbamates (subject to hydrolysis) is 1. The predicted molar refractivity (Wildman–Crippen MR) is 171 cm³/mol. The van der Waals surface area contributed by atoms with Gasteiger partial charge in [0.1, 0.15) is 36.6 Å². The highest BCUT2D eigenvalue weighted by Gasteiger charge is 2.33. The molecule has 46 heavy (non-hydrogen) atoms. The summed E-state index contributed by atoms with van der Waals surface area (Å²) < 4.78 is 17.1. The average molecular weight is 621 g/mol. The fourth-order valence-corrected chi connectivity index (χ4v) is 5.41. The van der Waals surface area contributed by atoms with Crippen molar-refractivity contribution in [2.45, 2.75) is 37.0 Å². The van der Waals surface area contributed by atoms with Crippen LogP contribution in [0.5, 0.6) is 5.75 Å². The van der Waals surface area contributed by atoms with Gasteiger partial charge in [-0.1, -0.05) is 60.7 Å². The van der Waals surface area contributed by atoms with Gasteiger partial charge < -0.3 is 30.2 Å². The Morgan fingerprint density at radius 2 is 1.67 bits per heavy atom. The summed E-state index contributed by atoms with van der Waals surface area (Å²) in [7, 11) is 1.26. The van der Waals surface area contributed by atoms with Crippen molar-refractivity contribution < 1.29 is 23.8 Å². The number of aromatic nitrogens is 2. The van der Waals surface area contributed by atoms with E-state index in [4.69, 9.17) is 19.5 Å². The maximum Gasteiger partial charge on any atom is 0.407 e. The van der Waals surface area contributed by atoms with Gasteiger partial charge in [0.25, 0.3) is 0 Å². The van der Waals surface area contributed by atoms with E-state index in [-0.39, 0.29) is 12.2 Å². The van der Waals surface area contributed by atoms with Crippen LogP contribution in [0.15, 0.2) is 97.5 Å². The molecule has 11 nitrogen and oxygen atoms in total. The maximum atomic E-state index is 14.0. The molecule has 0 unspecified atom stereocenters. The van der Waals surface area contributed by atoms with E-state index in [1.165, 1.54) is 13.4 Å². The third kappa shape index (κ3) is 8.65. The normalized spacial score (nSPS) is 16.5. The highest BCUT2D eigenvalue weighted by atomic mass is 16.5. The number of hydrogen-bond acceptors (Lipinski definition) is 9. The number of carbonyl (C=O) groups excluding carboxylic acids is 2. The molecule has 4 aromatic rings. The molecule has 3 N–H and O–H groups in total. The summed E-state index contributed by atoms with van der Waals surface area (Å²) in [5.41, 5.74) is 3.02. The van der Waals surface area contributed by atoms with Crippen LogP contribution in [-0.4, -0.2) is 67.0 Å². The molecular formula is C35H36N6O5. The summed E-state index contributed by atoms with van der Waals surface area (Å²) >= 11 is 0. The molecule has 1 fully saturated rings. The molecule has 0 saturated carbocycles. The molecule has 2 amide bonds. The molecule has 3 atom stereocenters. The highest BCUT2D eigenvalue weighted by molar-refractivity contribution is 5.97. The molecule has 11 heteroatoms. The molecule has 1 aliphatic heterocycles. The average Bonchev–Trinajstić information content (AvgIpc) is 3.11. The van der Waals surface area contributed by atoms with Gasteiger partial charge in [-0.15, -0.1) is 0 Å². The quantitative estimate of drug-likeness (QED) is 0.212. The number of benzene rings is 3. The summed E-state index contributed by atoms with van der Waals surface area (Å²) in [5.74, 6) is 0.0879. The van der Waals surface area contributed by atoms with E-state index in [9.17, 15) is 9.59 Å². The minimum absolute atomic E-state index is 0.0960. The van der Waals surface area contributed by atoms with E-state index in [0.717, 1.165) is 16.7 Å². The zero-order chi connectivity index (χ0) is 32.1. The first kappa shape index (κ1) is 32.1. The van der Waals surface area contributed by atoms with Crippen LogP contribution in [0.3, 0.4) is 0 Å². The number of morpholine rings is 1. The third-order valence-electron chi connectivity index (χ3n) is 7.71. The van der Waals surface area contributed by atoms with Crippen molar-refractivity contribution in [3.05, 3.63) is 120 Å². The Bertz CT molecular complexity index is 1570. The molecule has 3 aromatic carbocycles. The van der Waals surface area contributed by atoms with Gasteiger partial charge in [-0.05, 0) is 48.2 Å². The zero-order valence-corrected chi connectivity index (χ0v) is 25.5. The molecule has 0 radical (unpaired) electrons. The number of methoxy groups -OCH3 is 1. The summed E-state index contributed by atoms with van der Waals surface area (Å²) in [6, 6.07) is 27.1. The van der Waals surface area contributed by atoms with Crippen molar-refractivity contribution in [3.8, 4) is 11.8 Å². The second-order valence-corrected chi connectivity index (χ2v) is 10.8. The fraction of sp³-hybridized carbons (Fsp3) is 0.286. The maximum absolute atomic E-state index is 14.0. The van der Waals surface area contributed by atoms with Crippen molar-refractivity contribution in [2.24, 2.45) is 0 Å². The van der Waals surface area contributed by atoms with Crippen molar-refractivity contribution in [2.75, 3.05) is 32.1 Å². The van der Waals surface area contributed by atoms with Gasteiger partial charge in [0.15, 0.2) is 0 Å². The number of nitrogens with zero attached hydrogens (tertiary/aromatic N) is 3. The molecule has 1 aromatic heterocycles. The Kier molecular flexibility index (Phi) is 11.3. The van der Waals surface area contributed by atoms with Crippen LogP contribution in [0, 0.1) is 11.3 Å². The van der Waals surface area contributed by atoms with Crippen LogP contribution >= 0.6 is 0 Å². The molecule has 236 valence electrons. The van der Waals surface area contributed by atoms with E-state index in [1.807, 2.05) is 60.7 Å². The second-order valence-electron chi connectivity index (χ2n) is 10.8. The molecule has 0 bridgehead atoms. The van der Waals surface area contributed by atoms with Gasteiger partial charge in [-0.3, -0.25) is 4.79 Å². The van der Waals surface area contributed by atoms with E-state index in [1.54, 1.807) is 30.5 Å². The van der Waals surface area contributed by atoms with Crippen LogP contribution in [0.1, 0.15) is 34.6 Å². The Balaban J connectivity index is 1.26. The van der Waals surface area contributed by atoms with E-state index < -0.39 is 24.0 Å². The number of aryl methyl sites for hydroxylation is 1. The monoisotopic (exact) mass is 620 g/mol. The van der Waals surface area contributed by atoms with Gasteiger partial charge in [0, 0.05) is 30.8 Å². The first-order chi connectivity index (χ1) is 22.5. The summed E-state index contributed by atoms with van der Waals surface area (Å²) in [6.45, 7) is 1.69. The Labute approximate surface area is 267 Å². The Morgan fingerprint density at radius 1 is 1.00 bits per heavy atom. The standard InChI is InChI=1S/C35H36N6O5/c1-44-35(43)40-32(31(25-8-4-2-5-9-25)26-10-6-3-7-11-26)34(42)41-33-27(19-38-23-39-33)14-17-29-20-37-21-30(46-29)22-45-28-15-12-24(18-36)13-16-28/h2-13,15-16,19,23,29-32,37H,14,17,20-22H2,1H3,(H,40,43)(H,38,39,41,42)/t29-,30+,32+/m1/s1. The smallest absolute Gasteiger partial charge is 0.407 e. The molecule has 0 aliphatic carbocycles. The fourth-order valence-electron chi connectivity index (χ4n) is 5.41. The molecular weight excluding hydrogens is 584 g/mol. The summed E-state index contributed by atoms with van der Waals surface area (Å²) in [5, 5.41) is 18.1. The first-order valence-electron chi connectivity index (χ1n) is 15.1. The summed E-state index contributed by atoms with van der Waals surface area (Å²) in [6.07, 6.45) is 3.28. The Hall–Kier alpha value is -5.31. The lowest BCUT2D eigenvalue weighted by atomic mass is 9.84. The van der Waals surface area contributed by atoms with Crippen molar-refractivity contribution in [3.63, 3.8) is 0 Å². The lowest BCUT2D eigenvalue weighted by Crippen LogP contribution is -2.48. The highest BCUT2D eigenvalue weighted by Crippen LogP contribution is 2.29. The summed E-state index contributed by atoms with van der Waals surface area (Å²) in [4.78, 5) is 35.0. The first-order valence-corrected chi connectivity index (χ1v) is 15.1. The number of anilines is 1. The van der Waals surface area contributed by atoms with Crippen molar-refractivity contribution in [1.29, 1.82) is 5.26 Å². The SMILES string of the molecule is COC(=O)N[C@H](C(=O)Nc1ncncc1CC[C@@H]1CNC[C@@H](COc2ccc(C#N)cc2)O1)C(c1ccccc1)c1ccccc1. The van der Waals surface area contributed by atoms with Crippen LogP contribution in [-0.2, 0) is 20.7 Å². The molecule has 0 spiro atoms. The largest absolute Gasteiger partial charge is 0.491 e. The predicted octanol–water partition coefficient (Wildman–Crippen LogP) is 4.21. The number of nitrogens with one attached hydrogen (secondary N) is 3. The molecule has 1 saturated heterocycles. The van der Waals surface area contributed by atoms with Crippen molar-refractivity contribution >= 4 is 17.8 Å². The topological polar surface area (TPSA) is 147 Å². The van der Waals surface area contributed by atoms with E-state index in [2.05, 4.69) is 32.0 Å². The number of amides is 2. The van der Waals surface area contributed by atoms with Crippen LogP contribution in [0.25, 0.3) is 0 Å². The van der Waals surface area contributed by atoms with Crippen LogP contribution in [0.4, 0.5) is 10.6 Å². The lowest BCUT2D eigenvalue weighted by molar-refractivity contribution is -0.118. The number of nitriles is 1. The van der Waals surface area contributed by atoms with Crippen LogP contribution in [0.2, 0.25) is 0 Å². The number of ether oxygens (including phenoxy) is 3. The minimum Gasteiger partial charge on any atom is -0.491 e. The Morgan fingerprint density at radius 3 is 2.33 bits per heavy atom. The van der Waals surface area contributed by atoms with Gasteiger partial charge in [-0.2, -0.15) is 5.26 Å². The lowest BCUT2D eigenvalue weighted by Gasteiger charge is -2.31. The van der Waals surface area contributed by atoms with Gasteiger partial charge in [0.05, 0.1) is 24.8 Å². The van der Waals surface area contributed by atoms with Gasteiger partial charge in [0.2, 0.25) is 5.91 Å². The second kappa shape index (κ2) is 16.1. The minimum atomic E-state index is -1.01. The number of rotatable bonds is 12. The van der Waals surface area contributed by atoms with E-state index in [0.29, 0.717) is 49.7 Å². The van der Waals surface area contributed by atoms with Gasteiger partial charge >= 0.3 is 6.09 Å². The molecule has 1 aliphatic rings. The van der Waals surface area contributed by atoms with E-state index >= 15 is 0 Å². The number of hydrogen-bond donors (Lipinski definition) is 3. The van der Waals surface area contributed by atoms with Crippen LogP contribution < -0.4 is 20.7 Å². The molecule has 2 heterocycles. The van der Waals surface area contributed by atoms with Gasteiger partial charge in [-0.25, -0.2) is 14.8 Å².